The van der Waals surface area contributed by atoms with Crippen LogP contribution in [0.15, 0.2) is 53.1 Å². The van der Waals surface area contributed by atoms with Crippen molar-refractivity contribution in [3.8, 4) is 11.5 Å². The van der Waals surface area contributed by atoms with Crippen molar-refractivity contribution in [1.29, 1.82) is 0 Å². The summed E-state index contributed by atoms with van der Waals surface area (Å²) in [5, 5.41) is 4.60. The van der Waals surface area contributed by atoms with Crippen LogP contribution in [-0.4, -0.2) is 34.5 Å². The van der Waals surface area contributed by atoms with E-state index in [0.717, 1.165) is 5.56 Å². The van der Waals surface area contributed by atoms with Gasteiger partial charge >= 0.3 is 0 Å². The molecule has 0 bridgehead atoms. The molecule has 3 aromatic rings. The molecule has 0 radical (unpaired) electrons. The van der Waals surface area contributed by atoms with Gasteiger partial charge < -0.3 is 9.42 Å². The molecule has 1 amide bonds. The van der Waals surface area contributed by atoms with Gasteiger partial charge in [0.25, 0.3) is 11.8 Å². The molecular weight excluding hydrogens is 338 g/mol. The van der Waals surface area contributed by atoms with Crippen LogP contribution in [0.1, 0.15) is 21.7 Å². The zero-order valence-corrected chi connectivity index (χ0v) is 14.8. The Morgan fingerprint density at radius 2 is 1.80 bits per heavy atom. The summed E-state index contributed by atoms with van der Waals surface area (Å²) in [5.74, 6) is 0.993. The molecule has 2 aromatic carbocycles. The van der Waals surface area contributed by atoms with Crippen molar-refractivity contribution in [1.82, 2.24) is 15.0 Å². The Morgan fingerprint density at radius 3 is 2.48 bits per heavy atom. The highest BCUT2D eigenvalue weighted by Crippen LogP contribution is 2.18. The highest BCUT2D eigenvalue weighted by Gasteiger charge is 2.14. The monoisotopic (exact) mass is 355 g/mol. The second kappa shape index (κ2) is 7.49. The van der Waals surface area contributed by atoms with Crippen LogP contribution in [0.25, 0.3) is 11.5 Å². The SMILES string of the molecule is Cc1ccc(-c2nc(CCN(C)C(=O)c3ccc(Cl)cc3)no2)cc1. The van der Waals surface area contributed by atoms with Gasteiger partial charge in [-0.05, 0) is 43.3 Å². The molecule has 0 spiro atoms. The molecule has 0 aliphatic heterocycles. The summed E-state index contributed by atoms with van der Waals surface area (Å²) in [6, 6.07) is 14.7. The number of hydrogen-bond donors (Lipinski definition) is 0. The number of benzene rings is 2. The largest absolute Gasteiger partial charge is 0.341 e. The topological polar surface area (TPSA) is 59.2 Å². The molecule has 0 aliphatic rings. The van der Waals surface area contributed by atoms with Crippen LogP contribution in [0.4, 0.5) is 0 Å². The summed E-state index contributed by atoms with van der Waals surface area (Å²) in [7, 11) is 1.75. The number of aryl methyl sites for hydroxylation is 1. The maximum absolute atomic E-state index is 12.4. The fourth-order valence-corrected chi connectivity index (χ4v) is 2.48. The molecule has 0 N–H and O–H groups in total. The molecule has 0 saturated heterocycles. The lowest BCUT2D eigenvalue weighted by molar-refractivity contribution is 0.0796. The van der Waals surface area contributed by atoms with E-state index in [-0.39, 0.29) is 5.91 Å². The van der Waals surface area contributed by atoms with Gasteiger partial charge in [-0.15, -0.1) is 0 Å². The van der Waals surface area contributed by atoms with Crippen molar-refractivity contribution in [2.24, 2.45) is 0 Å². The standard InChI is InChI=1S/C19H18ClN3O2/c1-13-3-5-14(6-4-13)18-21-17(22-25-18)11-12-23(2)19(24)15-7-9-16(20)10-8-15/h3-10H,11-12H2,1-2H3. The Hall–Kier alpha value is -2.66. The molecule has 25 heavy (non-hydrogen) atoms. The average Bonchev–Trinajstić information content (AvgIpc) is 3.09. The molecule has 1 heterocycles. The van der Waals surface area contributed by atoms with Crippen molar-refractivity contribution >= 4 is 17.5 Å². The first-order valence-corrected chi connectivity index (χ1v) is 8.31. The minimum absolute atomic E-state index is 0.0704. The molecule has 5 nitrogen and oxygen atoms in total. The zero-order valence-electron chi connectivity index (χ0n) is 14.1. The molecule has 1 aromatic heterocycles. The van der Waals surface area contributed by atoms with E-state index >= 15 is 0 Å². The number of carbonyl (C=O) groups excluding carboxylic acids is 1. The molecule has 0 aliphatic carbocycles. The second-order valence-electron chi connectivity index (χ2n) is 5.87. The predicted octanol–water partition coefficient (Wildman–Crippen LogP) is 4.01. The average molecular weight is 356 g/mol. The van der Waals surface area contributed by atoms with Crippen LogP contribution in [0.3, 0.4) is 0 Å². The third-order valence-electron chi connectivity index (χ3n) is 3.88. The number of aromatic nitrogens is 2. The summed E-state index contributed by atoms with van der Waals surface area (Å²) >= 11 is 5.85. The summed E-state index contributed by atoms with van der Waals surface area (Å²) in [6.07, 6.45) is 0.519. The Bertz CT molecular complexity index is 857. The van der Waals surface area contributed by atoms with Gasteiger partial charge in [0.2, 0.25) is 0 Å². The number of nitrogens with zero attached hydrogens (tertiary/aromatic N) is 3. The molecule has 0 saturated carbocycles. The van der Waals surface area contributed by atoms with Gasteiger partial charge in [0.1, 0.15) is 0 Å². The number of halogens is 1. The fraction of sp³-hybridized carbons (Fsp3) is 0.211. The molecular formula is C19H18ClN3O2. The fourth-order valence-electron chi connectivity index (χ4n) is 2.35. The van der Waals surface area contributed by atoms with Gasteiger partial charge in [-0.25, -0.2) is 0 Å². The normalized spacial score (nSPS) is 10.7. The number of rotatable bonds is 5. The molecule has 6 heteroatoms. The van der Waals surface area contributed by atoms with Crippen molar-refractivity contribution in [2.45, 2.75) is 13.3 Å². The number of carbonyl (C=O) groups is 1. The smallest absolute Gasteiger partial charge is 0.257 e. The minimum Gasteiger partial charge on any atom is -0.341 e. The van der Waals surface area contributed by atoms with Crippen molar-refractivity contribution < 1.29 is 9.32 Å². The minimum atomic E-state index is -0.0704. The third kappa shape index (κ3) is 4.25. The summed E-state index contributed by atoms with van der Waals surface area (Å²) in [6.45, 7) is 2.52. The second-order valence-corrected chi connectivity index (χ2v) is 6.30. The zero-order chi connectivity index (χ0) is 17.8. The van der Waals surface area contributed by atoms with E-state index in [4.69, 9.17) is 16.1 Å². The summed E-state index contributed by atoms with van der Waals surface area (Å²) in [5.41, 5.74) is 2.65. The van der Waals surface area contributed by atoms with Crippen LogP contribution in [0, 0.1) is 6.92 Å². The Kier molecular flexibility index (Phi) is 5.14. The molecule has 3 rings (SSSR count). The quantitative estimate of drug-likeness (QED) is 0.693. The molecule has 128 valence electrons. The van der Waals surface area contributed by atoms with Crippen LogP contribution in [0.2, 0.25) is 5.02 Å². The van der Waals surface area contributed by atoms with Gasteiger partial charge in [0.05, 0.1) is 0 Å². The van der Waals surface area contributed by atoms with Crippen molar-refractivity contribution in [3.63, 3.8) is 0 Å². The third-order valence-corrected chi connectivity index (χ3v) is 4.13. The number of hydrogen-bond acceptors (Lipinski definition) is 4. The van der Waals surface area contributed by atoms with Crippen LogP contribution in [-0.2, 0) is 6.42 Å². The molecule has 0 fully saturated rings. The highest BCUT2D eigenvalue weighted by atomic mass is 35.5. The van der Waals surface area contributed by atoms with E-state index in [1.54, 1.807) is 36.2 Å². The van der Waals surface area contributed by atoms with Crippen LogP contribution >= 0.6 is 11.6 Å². The highest BCUT2D eigenvalue weighted by molar-refractivity contribution is 6.30. The van der Waals surface area contributed by atoms with Gasteiger partial charge in [0, 0.05) is 36.2 Å². The maximum Gasteiger partial charge on any atom is 0.257 e. The van der Waals surface area contributed by atoms with E-state index in [2.05, 4.69) is 10.1 Å². The molecule has 0 unspecified atom stereocenters. The van der Waals surface area contributed by atoms with Crippen LogP contribution in [0.5, 0.6) is 0 Å². The Labute approximate surface area is 151 Å². The summed E-state index contributed by atoms with van der Waals surface area (Å²) < 4.78 is 5.30. The van der Waals surface area contributed by atoms with Gasteiger partial charge in [-0.2, -0.15) is 4.98 Å². The van der Waals surface area contributed by atoms with Crippen molar-refractivity contribution in [2.75, 3.05) is 13.6 Å². The van der Waals surface area contributed by atoms with E-state index in [9.17, 15) is 4.79 Å². The Morgan fingerprint density at radius 1 is 1.12 bits per heavy atom. The number of amides is 1. The van der Waals surface area contributed by atoms with Gasteiger partial charge in [0.15, 0.2) is 5.82 Å². The van der Waals surface area contributed by atoms with Crippen molar-refractivity contribution in [3.05, 3.63) is 70.5 Å². The van der Waals surface area contributed by atoms with E-state index in [1.807, 2.05) is 31.2 Å². The number of likely N-dealkylation sites (N-methyl/N-ethyl adjacent to an activating group) is 1. The van der Waals surface area contributed by atoms with E-state index in [1.165, 1.54) is 5.56 Å². The first-order valence-electron chi connectivity index (χ1n) is 7.93. The van der Waals surface area contributed by atoms with Crippen LogP contribution < -0.4 is 0 Å². The maximum atomic E-state index is 12.4. The lowest BCUT2D eigenvalue weighted by Gasteiger charge is -2.16. The van der Waals surface area contributed by atoms with E-state index in [0.29, 0.717) is 35.3 Å². The van der Waals surface area contributed by atoms with Gasteiger partial charge in [-0.3, -0.25) is 4.79 Å². The van der Waals surface area contributed by atoms with E-state index < -0.39 is 0 Å². The lowest BCUT2D eigenvalue weighted by Crippen LogP contribution is -2.29. The summed E-state index contributed by atoms with van der Waals surface area (Å²) in [4.78, 5) is 18.4. The molecule has 0 atom stereocenters. The first-order chi connectivity index (χ1) is 12.0. The first kappa shape index (κ1) is 17.2. The predicted molar refractivity (Wildman–Crippen MR) is 96.6 cm³/mol. The van der Waals surface area contributed by atoms with Gasteiger partial charge in [-0.1, -0.05) is 34.5 Å². The lowest BCUT2D eigenvalue weighted by atomic mass is 10.1. The Balaban J connectivity index is 1.60.